The number of sulfonamides is 1. The highest BCUT2D eigenvalue weighted by molar-refractivity contribution is 7.89. The Kier molecular flexibility index (Phi) is 5.85. The molecule has 0 aliphatic rings. The number of benzene rings is 2. The lowest BCUT2D eigenvalue weighted by molar-refractivity contribution is 0.103. The van der Waals surface area contributed by atoms with Crippen LogP contribution in [0.5, 0.6) is 0 Å². The van der Waals surface area contributed by atoms with Crippen molar-refractivity contribution in [3.05, 3.63) is 74.7 Å². The Morgan fingerprint density at radius 2 is 1.84 bits per heavy atom. The minimum Gasteiger partial charge on any atom is -0.321 e. The smallest absolute Gasteiger partial charge is 0.265 e. The van der Waals surface area contributed by atoms with Crippen molar-refractivity contribution in [3.63, 3.8) is 0 Å². The minimum absolute atomic E-state index is 0.0401. The van der Waals surface area contributed by atoms with E-state index in [1.807, 2.05) is 48.9 Å². The quantitative estimate of drug-likeness (QED) is 0.427. The van der Waals surface area contributed by atoms with Gasteiger partial charge in [-0.15, -0.1) is 11.3 Å². The van der Waals surface area contributed by atoms with Crippen LogP contribution in [0.3, 0.4) is 0 Å². The van der Waals surface area contributed by atoms with E-state index in [-0.39, 0.29) is 10.8 Å². The van der Waals surface area contributed by atoms with Crippen molar-refractivity contribution in [1.82, 2.24) is 9.78 Å². The van der Waals surface area contributed by atoms with Crippen LogP contribution in [-0.4, -0.2) is 24.1 Å². The number of nitrogens with zero attached hydrogens (tertiary/aromatic N) is 2. The molecule has 0 aliphatic heterocycles. The van der Waals surface area contributed by atoms with E-state index in [1.54, 1.807) is 6.92 Å². The summed E-state index contributed by atoms with van der Waals surface area (Å²) in [5.74, 6) is -0.322. The summed E-state index contributed by atoms with van der Waals surface area (Å²) in [5.41, 5.74) is 3.78. The molecule has 10 heteroatoms. The maximum absolute atomic E-state index is 13.0. The molecule has 0 radical (unpaired) electrons. The van der Waals surface area contributed by atoms with Crippen molar-refractivity contribution in [2.45, 2.75) is 32.2 Å². The molecule has 2 aromatic carbocycles. The number of nitrogens with one attached hydrogen (secondary N) is 1. The van der Waals surface area contributed by atoms with Gasteiger partial charge in [0.1, 0.15) is 4.83 Å². The Labute approximate surface area is 194 Å². The number of aryl methyl sites for hydroxylation is 2. The van der Waals surface area contributed by atoms with Gasteiger partial charge in [-0.3, -0.25) is 9.48 Å². The molecule has 4 rings (SSSR count). The number of rotatable bonds is 5. The fraction of sp³-hybridized carbons (Fsp3) is 0.182. The van der Waals surface area contributed by atoms with E-state index in [1.165, 1.54) is 23.5 Å². The van der Waals surface area contributed by atoms with Crippen LogP contribution in [0.15, 0.2) is 47.4 Å². The molecular weight excluding hydrogens is 468 g/mol. The molecule has 0 spiro atoms. The van der Waals surface area contributed by atoms with Crippen molar-refractivity contribution in [3.8, 4) is 0 Å². The summed E-state index contributed by atoms with van der Waals surface area (Å²) < 4.78 is 25.4. The lowest BCUT2D eigenvalue weighted by Gasteiger charge is -2.12. The first-order valence-corrected chi connectivity index (χ1v) is 12.4. The van der Waals surface area contributed by atoms with Crippen molar-refractivity contribution in [2.75, 3.05) is 5.32 Å². The van der Waals surface area contributed by atoms with Gasteiger partial charge in [-0.2, -0.15) is 5.10 Å². The van der Waals surface area contributed by atoms with Gasteiger partial charge in [0, 0.05) is 16.1 Å². The molecule has 2 aromatic heterocycles. The van der Waals surface area contributed by atoms with E-state index in [9.17, 15) is 13.2 Å². The molecule has 166 valence electrons. The molecule has 0 unspecified atom stereocenters. The highest BCUT2D eigenvalue weighted by Gasteiger charge is 2.19. The van der Waals surface area contributed by atoms with Gasteiger partial charge in [0.15, 0.2) is 0 Å². The monoisotopic (exact) mass is 488 g/mol. The van der Waals surface area contributed by atoms with Crippen molar-refractivity contribution < 1.29 is 13.2 Å². The summed E-state index contributed by atoms with van der Waals surface area (Å²) in [6.45, 7) is 6.04. The van der Waals surface area contributed by atoms with Gasteiger partial charge in [-0.05, 0) is 67.8 Å². The molecule has 2 heterocycles. The predicted molar refractivity (Wildman–Crippen MR) is 128 cm³/mol. The summed E-state index contributed by atoms with van der Waals surface area (Å²) in [4.78, 5) is 14.3. The van der Waals surface area contributed by atoms with Crippen LogP contribution in [0.1, 0.15) is 32.1 Å². The number of aromatic nitrogens is 2. The Hall–Kier alpha value is -2.72. The van der Waals surface area contributed by atoms with E-state index < -0.39 is 10.0 Å². The molecule has 0 aliphatic carbocycles. The Morgan fingerprint density at radius 3 is 2.50 bits per heavy atom. The van der Waals surface area contributed by atoms with Gasteiger partial charge in [-0.25, -0.2) is 13.6 Å². The molecule has 7 nitrogen and oxygen atoms in total. The van der Waals surface area contributed by atoms with Crippen LogP contribution in [0.2, 0.25) is 5.02 Å². The second-order valence-corrected chi connectivity index (χ2v) is 10.6. The Balaban J connectivity index is 1.65. The van der Waals surface area contributed by atoms with Gasteiger partial charge in [0.05, 0.1) is 22.0 Å². The molecule has 3 N–H and O–H groups in total. The number of halogens is 1. The van der Waals surface area contributed by atoms with Crippen molar-refractivity contribution in [1.29, 1.82) is 0 Å². The lowest BCUT2D eigenvalue weighted by Crippen LogP contribution is -2.16. The van der Waals surface area contributed by atoms with Crippen LogP contribution >= 0.6 is 22.9 Å². The van der Waals surface area contributed by atoms with Crippen LogP contribution in [-0.2, 0) is 16.6 Å². The topological polar surface area (TPSA) is 107 Å². The van der Waals surface area contributed by atoms with E-state index >= 15 is 0 Å². The highest BCUT2D eigenvalue weighted by atomic mass is 35.5. The second-order valence-electron chi connectivity index (χ2n) is 7.61. The fourth-order valence-corrected chi connectivity index (χ4v) is 5.20. The number of carbonyl (C=O) groups is 1. The number of carbonyl (C=O) groups excluding carboxylic acids is 1. The molecule has 0 saturated heterocycles. The van der Waals surface area contributed by atoms with E-state index in [0.29, 0.717) is 22.1 Å². The van der Waals surface area contributed by atoms with E-state index in [4.69, 9.17) is 16.7 Å². The number of hydrogen-bond acceptors (Lipinski definition) is 5. The first kappa shape index (κ1) is 22.5. The number of amides is 1. The van der Waals surface area contributed by atoms with Crippen LogP contribution < -0.4 is 10.5 Å². The summed E-state index contributed by atoms with van der Waals surface area (Å²) in [7, 11) is -3.89. The van der Waals surface area contributed by atoms with Crippen LogP contribution in [0.4, 0.5) is 5.69 Å². The predicted octanol–water partition coefficient (Wildman–Crippen LogP) is 4.62. The van der Waals surface area contributed by atoms with Crippen LogP contribution in [0, 0.1) is 20.8 Å². The second kappa shape index (κ2) is 8.32. The Morgan fingerprint density at radius 1 is 1.16 bits per heavy atom. The van der Waals surface area contributed by atoms with Gasteiger partial charge in [0.2, 0.25) is 10.0 Å². The number of hydrogen-bond donors (Lipinski definition) is 2. The Bertz CT molecular complexity index is 1450. The van der Waals surface area contributed by atoms with Gasteiger partial charge in [0.25, 0.3) is 5.91 Å². The number of nitrogens with two attached hydrogens (primary N) is 1. The van der Waals surface area contributed by atoms with E-state index in [0.717, 1.165) is 32.6 Å². The first-order chi connectivity index (χ1) is 15.0. The maximum Gasteiger partial charge on any atom is 0.265 e. The minimum atomic E-state index is -3.89. The first-order valence-electron chi connectivity index (χ1n) is 9.69. The van der Waals surface area contributed by atoms with E-state index in [2.05, 4.69) is 10.4 Å². The average Bonchev–Trinajstić information content (AvgIpc) is 3.28. The number of thiophene rings is 1. The standard InChI is InChI=1S/C22H21ClN4O3S2/c1-12-8-17(32(24,29)30)9-19(13(12)2)25-21(28)20-10-18-14(3)26-27(22(18)31-20)11-15-4-6-16(23)7-5-15/h4-10H,11H2,1-3H3,(H,25,28)(H2,24,29,30). The largest absolute Gasteiger partial charge is 0.321 e. The SMILES string of the molecule is Cc1cc(S(N)(=O)=O)cc(NC(=O)c2cc3c(C)nn(Cc4ccc(Cl)cc4)c3s2)c1C. The number of anilines is 1. The molecule has 4 aromatic rings. The summed E-state index contributed by atoms with van der Waals surface area (Å²) in [6.07, 6.45) is 0. The molecular formula is C22H21ClN4O3S2. The summed E-state index contributed by atoms with van der Waals surface area (Å²) in [5, 5.41) is 14.3. The fourth-order valence-electron chi connectivity index (χ4n) is 3.40. The van der Waals surface area contributed by atoms with Gasteiger partial charge < -0.3 is 5.32 Å². The zero-order chi connectivity index (χ0) is 23.2. The molecule has 32 heavy (non-hydrogen) atoms. The third-order valence-electron chi connectivity index (χ3n) is 5.29. The number of fused-ring (bicyclic) bond motifs is 1. The average molecular weight is 489 g/mol. The molecule has 0 fully saturated rings. The summed E-state index contributed by atoms with van der Waals surface area (Å²) >= 11 is 7.30. The van der Waals surface area contributed by atoms with Crippen LogP contribution in [0.25, 0.3) is 10.2 Å². The zero-order valence-electron chi connectivity index (χ0n) is 17.6. The maximum atomic E-state index is 13.0. The van der Waals surface area contributed by atoms with Gasteiger partial charge >= 0.3 is 0 Å². The third-order valence-corrected chi connectivity index (χ3v) is 7.59. The van der Waals surface area contributed by atoms with Crippen molar-refractivity contribution in [2.24, 2.45) is 5.14 Å². The van der Waals surface area contributed by atoms with Gasteiger partial charge in [-0.1, -0.05) is 23.7 Å². The highest BCUT2D eigenvalue weighted by Crippen LogP contribution is 2.31. The molecule has 0 atom stereocenters. The zero-order valence-corrected chi connectivity index (χ0v) is 20.0. The third kappa shape index (κ3) is 4.42. The van der Waals surface area contributed by atoms with Crippen molar-refractivity contribution >= 4 is 54.8 Å². The molecule has 0 saturated carbocycles. The molecule has 0 bridgehead atoms. The lowest BCUT2D eigenvalue weighted by atomic mass is 10.1. The summed E-state index contributed by atoms with van der Waals surface area (Å²) in [6, 6.07) is 12.2. The molecule has 1 amide bonds. The normalized spacial score (nSPS) is 11.8. The number of primary sulfonamides is 1.